The molecule has 17 heavy (non-hydrogen) atoms. The highest BCUT2D eigenvalue weighted by molar-refractivity contribution is 5.97. The Bertz CT molecular complexity index is 385. The van der Waals surface area contributed by atoms with Gasteiger partial charge in [-0.05, 0) is 38.9 Å². The van der Waals surface area contributed by atoms with Gasteiger partial charge in [0, 0.05) is 31.2 Å². The summed E-state index contributed by atoms with van der Waals surface area (Å²) in [5, 5.41) is 3.26. The lowest BCUT2D eigenvalue weighted by Gasteiger charge is -2.30. The van der Waals surface area contributed by atoms with Gasteiger partial charge in [0.05, 0.1) is 5.41 Å². The van der Waals surface area contributed by atoms with E-state index in [-0.39, 0.29) is 11.3 Å². The Morgan fingerprint density at radius 3 is 2.76 bits per heavy atom. The minimum atomic E-state index is -0.265. The van der Waals surface area contributed by atoms with Crippen molar-refractivity contribution in [3.8, 4) is 0 Å². The molecule has 1 aromatic rings. The second-order valence-corrected chi connectivity index (χ2v) is 4.74. The fraction of sp³-hybridized carbons (Fsp3) is 0.538. The van der Waals surface area contributed by atoms with Gasteiger partial charge in [-0.3, -0.25) is 9.78 Å². The first-order valence-corrected chi connectivity index (χ1v) is 6.10. The molecule has 1 atom stereocenters. The Hall–Kier alpha value is -1.42. The molecule has 1 aliphatic heterocycles. The maximum absolute atomic E-state index is 12.6. The molecular weight excluding hydrogens is 214 g/mol. The van der Waals surface area contributed by atoms with Crippen LogP contribution in [0.1, 0.15) is 20.3 Å². The summed E-state index contributed by atoms with van der Waals surface area (Å²) in [6.45, 7) is 6.44. The second kappa shape index (κ2) is 4.84. The number of nitrogens with zero attached hydrogens (tertiary/aromatic N) is 2. The van der Waals surface area contributed by atoms with Crippen LogP contribution in [0.15, 0.2) is 24.5 Å². The number of nitrogens with one attached hydrogen (secondary N) is 1. The van der Waals surface area contributed by atoms with Crippen LogP contribution in [0.2, 0.25) is 0 Å². The van der Waals surface area contributed by atoms with Gasteiger partial charge in [-0.1, -0.05) is 0 Å². The van der Waals surface area contributed by atoms with E-state index in [1.807, 2.05) is 30.9 Å². The molecule has 1 saturated heterocycles. The van der Waals surface area contributed by atoms with Gasteiger partial charge < -0.3 is 10.2 Å². The van der Waals surface area contributed by atoms with Gasteiger partial charge in [0.2, 0.25) is 5.91 Å². The molecule has 2 heterocycles. The van der Waals surface area contributed by atoms with Crippen molar-refractivity contribution in [1.82, 2.24) is 10.3 Å². The largest absolute Gasteiger partial charge is 0.316 e. The van der Waals surface area contributed by atoms with Crippen LogP contribution in [0.25, 0.3) is 0 Å². The third kappa shape index (κ3) is 2.31. The van der Waals surface area contributed by atoms with Crippen LogP contribution in [0, 0.1) is 5.41 Å². The smallest absolute Gasteiger partial charge is 0.234 e. The molecule has 0 aromatic carbocycles. The highest BCUT2D eigenvalue weighted by Gasteiger charge is 2.39. The molecule has 0 saturated carbocycles. The van der Waals surface area contributed by atoms with Crippen molar-refractivity contribution in [1.29, 1.82) is 0 Å². The molecule has 0 spiro atoms. The maximum Gasteiger partial charge on any atom is 0.234 e. The Morgan fingerprint density at radius 2 is 2.24 bits per heavy atom. The summed E-state index contributed by atoms with van der Waals surface area (Å²) in [5.41, 5.74) is 0.667. The molecule has 4 nitrogen and oxygen atoms in total. The quantitative estimate of drug-likeness (QED) is 0.859. The van der Waals surface area contributed by atoms with Crippen LogP contribution in [-0.4, -0.2) is 30.5 Å². The molecule has 1 aliphatic rings. The van der Waals surface area contributed by atoms with Gasteiger partial charge in [0.15, 0.2) is 0 Å². The minimum absolute atomic E-state index is 0.205. The number of hydrogen-bond donors (Lipinski definition) is 1. The molecule has 0 aliphatic carbocycles. The first kappa shape index (κ1) is 12.0. The lowest BCUT2D eigenvalue weighted by Crippen LogP contribution is -2.43. The zero-order chi connectivity index (χ0) is 12.3. The molecule has 1 N–H and O–H groups in total. The molecule has 0 radical (unpaired) electrons. The Kier molecular flexibility index (Phi) is 3.43. The van der Waals surface area contributed by atoms with Gasteiger partial charge in [-0.15, -0.1) is 0 Å². The van der Waals surface area contributed by atoms with E-state index < -0.39 is 0 Å². The summed E-state index contributed by atoms with van der Waals surface area (Å²) in [7, 11) is 0. The molecular formula is C13H19N3O. The summed E-state index contributed by atoms with van der Waals surface area (Å²) in [6.07, 6.45) is 4.36. The van der Waals surface area contributed by atoms with Crippen molar-refractivity contribution < 1.29 is 4.79 Å². The van der Waals surface area contributed by atoms with E-state index in [4.69, 9.17) is 0 Å². The highest BCUT2D eigenvalue weighted by Crippen LogP contribution is 2.29. The molecule has 4 heteroatoms. The first-order valence-electron chi connectivity index (χ1n) is 6.10. The standard InChI is InChI=1S/C13H19N3O/c1-3-16(11-4-7-14-8-5-11)12(17)13(2)6-9-15-10-13/h4-5,7-8,15H,3,6,9-10H2,1-2H3. The first-order chi connectivity index (χ1) is 8.17. The molecule has 1 amide bonds. The average molecular weight is 233 g/mol. The molecule has 1 fully saturated rings. The number of pyridine rings is 1. The minimum Gasteiger partial charge on any atom is -0.316 e. The van der Waals surface area contributed by atoms with Crippen molar-refractivity contribution >= 4 is 11.6 Å². The predicted molar refractivity (Wildman–Crippen MR) is 67.9 cm³/mol. The van der Waals surface area contributed by atoms with Crippen LogP contribution >= 0.6 is 0 Å². The van der Waals surface area contributed by atoms with E-state index in [0.29, 0.717) is 6.54 Å². The van der Waals surface area contributed by atoms with E-state index in [2.05, 4.69) is 10.3 Å². The Morgan fingerprint density at radius 1 is 1.53 bits per heavy atom. The number of aromatic nitrogens is 1. The molecule has 92 valence electrons. The van der Waals surface area contributed by atoms with Gasteiger partial charge >= 0.3 is 0 Å². The van der Waals surface area contributed by atoms with E-state index >= 15 is 0 Å². The van der Waals surface area contributed by atoms with Crippen LogP contribution in [0.4, 0.5) is 5.69 Å². The van der Waals surface area contributed by atoms with Gasteiger partial charge in [-0.2, -0.15) is 0 Å². The van der Waals surface area contributed by atoms with E-state index in [9.17, 15) is 4.79 Å². The molecule has 1 aromatic heterocycles. The van der Waals surface area contributed by atoms with Crippen molar-refractivity contribution in [3.05, 3.63) is 24.5 Å². The number of carbonyl (C=O) groups excluding carboxylic acids is 1. The average Bonchev–Trinajstić information content (AvgIpc) is 2.80. The van der Waals surface area contributed by atoms with E-state index in [0.717, 1.165) is 25.2 Å². The number of hydrogen-bond acceptors (Lipinski definition) is 3. The third-order valence-corrected chi connectivity index (χ3v) is 3.42. The van der Waals surface area contributed by atoms with E-state index in [1.54, 1.807) is 12.4 Å². The number of rotatable bonds is 3. The summed E-state index contributed by atoms with van der Waals surface area (Å²) >= 11 is 0. The summed E-state index contributed by atoms with van der Waals surface area (Å²) < 4.78 is 0. The normalized spacial score (nSPS) is 23.6. The fourth-order valence-electron chi connectivity index (χ4n) is 2.29. The lowest BCUT2D eigenvalue weighted by molar-refractivity contribution is -0.126. The number of amides is 1. The highest BCUT2D eigenvalue weighted by atomic mass is 16.2. The zero-order valence-corrected chi connectivity index (χ0v) is 10.4. The summed E-state index contributed by atoms with van der Waals surface area (Å²) in [4.78, 5) is 18.4. The predicted octanol–water partition coefficient (Wildman–Crippen LogP) is 1.43. The van der Waals surface area contributed by atoms with Crippen LogP contribution < -0.4 is 10.2 Å². The van der Waals surface area contributed by atoms with Crippen molar-refractivity contribution in [2.45, 2.75) is 20.3 Å². The van der Waals surface area contributed by atoms with Gasteiger partial charge in [-0.25, -0.2) is 0 Å². The van der Waals surface area contributed by atoms with Crippen molar-refractivity contribution in [3.63, 3.8) is 0 Å². The fourth-order valence-corrected chi connectivity index (χ4v) is 2.29. The van der Waals surface area contributed by atoms with Gasteiger partial charge in [0.25, 0.3) is 0 Å². The van der Waals surface area contributed by atoms with E-state index in [1.165, 1.54) is 0 Å². The van der Waals surface area contributed by atoms with Crippen LogP contribution in [0.3, 0.4) is 0 Å². The summed E-state index contributed by atoms with van der Waals surface area (Å²) in [5.74, 6) is 0.205. The Balaban J connectivity index is 2.22. The molecule has 2 rings (SSSR count). The van der Waals surface area contributed by atoms with Crippen LogP contribution in [0.5, 0.6) is 0 Å². The van der Waals surface area contributed by atoms with Crippen molar-refractivity contribution in [2.75, 3.05) is 24.5 Å². The number of anilines is 1. The summed E-state index contributed by atoms with van der Waals surface area (Å²) in [6, 6.07) is 3.76. The second-order valence-electron chi connectivity index (χ2n) is 4.74. The van der Waals surface area contributed by atoms with Crippen molar-refractivity contribution in [2.24, 2.45) is 5.41 Å². The molecule has 0 bridgehead atoms. The SMILES string of the molecule is CCN(C(=O)C1(C)CCNC1)c1ccncc1. The lowest BCUT2D eigenvalue weighted by atomic mass is 9.88. The molecule has 1 unspecified atom stereocenters. The van der Waals surface area contributed by atoms with Crippen LogP contribution in [-0.2, 0) is 4.79 Å². The number of carbonyl (C=O) groups is 1. The monoisotopic (exact) mass is 233 g/mol. The zero-order valence-electron chi connectivity index (χ0n) is 10.4. The topological polar surface area (TPSA) is 45.2 Å². The maximum atomic E-state index is 12.6. The third-order valence-electron chi connectivity index (χ3n) is 3.42. The Labute approximate surface area is 102 Å². The van der Waals surface area contributed by atoms with Gasteiger partial charge in [0.1, 0.15) is 0 Å².